The molecule has 0 radical (unpaired) electrons. The van der Waals surface area contributed by atoms with Crippen LogP contribution in [0.1, 0.15) is 25.7 Å². The lowest BCUT2D eigenvalue weighted by Gasteiger charge is -2.19. The second kappa shape index (κ2) is 5.87. The number of imidazole rings is 1. The molecule has 8 heteroatoms. The van der Waals surface area contributed by atoms with Gasteiger partial charge >= 0.3 is 5.69 Å². The minimum atomic E-state index is -0.433. The summed E-state index contributed by atoms with van der Waals surface area (Å²) in [5.41, 5.74) is 1.37. The van der Waals surface area contributed by atoms with E-state index in [9.17, 15) is 19.2 Å². The molecule has 0 unspecified atom stereocenters. The molecular weight excluding hydrogens is 324 g/mol. The second-order valence-corrected chi connectivity index (χ2v) is 6.65. The van der Waals surface area contributed by atoms with Crippen molar-refractivity contribution in [2.75, 3.05) is 11.9 Å². The van der Waals surface area contributed by atoms with E-state index in [1.165, 1.54) is 0 Å². The molecule has 130 valence electrons. The Morgan fingerprint density at radius 3 is 2.36 bits per heavy atom. The molecule has 4 rings (SSSR count). The Labute approximate surface area is 142 Å². The molecule has 2 aromatic rings. The Balaban J connectivity index is 1.46. The van der Waals surface area contributed by atoms with Crippen LogP contribution in [-0.2, 0) is 14.4 Å². The van der Waals surface area contributed by atoms with Crippen molar-refractivity contribution in [3.05, 3.63) is 28.7 Å². The number of anilines is 1. The highest BCUT2D eigenvalue weighted by atomic mass is 16.2. The van der Waals surface area contributed by atoms with Crippen LogP contribution in [0.4, 0.5) is 5.69 Å². The first-order valence-corrected chi connectivity index (χ1v) is 8.40. The molecule has 0 spiro atoms. The first-order chi connectivity index (χ1) is 12.0. The molecule has 1 saturated heterocycles. The molecule has 3 amide bonds. The van der Waals surface area contributed by atoms with Gasteiger partial charge in [0.2, 0.25) is 17.7 Å². The van der Waals surface area contributed by atoms with Crippen molar-refractivity contribution in [1.29, 1.82) is 0 Å². The van der Waals surface area contributed by atoms with Crippen LogP contribution in [0, 0.1) is 11.8 Å². The standard InChI is InChI=1S/C17H18N4O4/c22-14(18-9-5-6-12-13(7-9)20-17(25)19-12)8-21-15(23)10-3-1-2-4-11(10)16(21)24/h5-7,10-11H,1-4,8H2,(H,18,22)(H2,19,20,25)/t10-,11-/m0/s1. The quantitative estimate of drug-likeness (QED) is 0.721. The summed E-state index contributed by atoms with van der Waals surface area (Å²) < 4.78 is 0. The summed E-state index contributed by atoms with van der Waals surface area (Å²) in [5, 5.41) is 2.67. The number of H-pyrrole nitrogens is 2. The van der Waals surface area contributed by atoms with Gasteiger partial charge < -0.3 is 15.3 Å². The zero-order valence-corrected chi connectivity index (χ0v) is 13.5. The van der Waals surface area contributed by atoms with Gasteiger partial charge in [0.15, 0.2) is 0 Å². The largest absolute Gasteiger partial charge is 0.324 e. The highest BCUT2D eigenvalue weighted by Gasteiger charge is 2.48. The number of carbonyl (C=O) groups excluding carboxylic acids is 3. The predicted octanol–water partition coefficient (Wildman–Crippen LogP) is 0.970. The van der Waals surface area contributed by atoms with Crippen molar-refractivity contribution in [2.45, 2.75) is 25.7 Å². The zero-order chi connectivity index (χ0) is 17.6. The normalized spacial score (nSPS) is 23.1. The minimum absolute atomic E-state index is 0.227. The van der Waals surface area contributed by atoms with Crippen LogP contribution in [0.5, 0.6) is 0 Å². The van der Waals surface area contributed by atoms with E-state index in [0.717, 1.165) is 30.6 Å². The van der Waals surface area contributed by atoms with Gasteiger partial charge in [0.25, 0.3) is 0 Å². The number of aromatic amines is 2. The number of likely N-dealkylation sites (tertiary alicyclic amines) is 1. The maximum Gasteiger partial charge on any atom is 0.323 e. The van der Waals surface area contributed by atoms with Crippen molar-refractivity contribution in [3.8, 4) is 0 Å². The van der Waals surface area contributed by atoms with Crippen LogP contribution in [0.3, 0.4) is 0 Å². The molecule has 2 fully saturated rings. The average molecular weight is 342 g/mol. The number of fused-ring (bicyclic) bond motifs is 2. The third kappa shape index (κ3) is 2.73. The van der Waals surface area contributed by atoms with E-state index in [-0.39, 0.29) is 35.9 Å². The molecule has 25 heavy (non-hydrogen) atoms. The Kier molecular flexibility index (Phi) is 3.67. The SMILES string of the molecule is O=C(CN1C(=O)[C@H]2CCCC[C@@H]2C1=O)Nc1ccc2[nH]c(=O)[nH]c2c1. The van der Waals surface area contributed by atoms with Crippen LogP contribution >= 0.6 is 0 Å². The van der Waals surface area contributed by atoms with Gasteiger partial charge in [-0.25, -0.2) is 4.79 Å². The number of carbonyl (C=O) groups is 3. The number of nitrogens with zero attached hydrogens (tertiary/aromatic N) is 1. The number of nitrogens with one attached hydrogen (secondary N) is 3. The number of hydrogen-bond donors (Lipinski definition) is 3. The van der Waals surface area contributed by atoms with Crippen LogP contribution in [0.15, 0.2) is 23.0 Å². The summed E-state index contributed by atoms with van der Waals surface area (Å²) in [6.45, 7) is -0.271. The van der Waals surface area contributed by atoms with Gasteiger partial charge in [-0.1, -0.05) is 12.8 Å². The van der Waals surface area contributed by atoms with E-state index in [0.29, 0.717) is 16.7 Å². The summed E-state index contributed by atoms with van der Waals surface area (Å²) in [4.78, 5) is 54.6. The summed E-state index contributed by atoms with van der Waals surface area (Å²) >= 11 is 0. The van der Waals surface area contributed by atoms with Gasteiger partial charge in [-0.05, 0) is 31.0 Å². The van der Waals surface area contributed by atoms with Crippen molar-refractivity contribution in [2.24, 2.45) is 11.8 Å². The summed E-state index contributed by atoms with van der Waals surface area (Å²) in [6, 6.07) is 4.94. The smallest absolute Gasteiger partial charge is 0.323 e. The fraction of sp³-hybridized carbons (Fsp3) is 0.412. The highest BCUT2D eigenvalue weighted by molar-refractivity contribution is 6.08. The van der Waals surface area contributed by atoms with E-state index < -0.39 is 5.91 Å². The molecule has 1 aliphatic heterocycles. The number of imide groups is 1. The molecule has 1 aromatic heterocycles. The molecule has 8 nitrogen and oxygen atoms in total. The van der Waals surface area contributed by atoms with Gasteiger partial charge in [-0.15, -0.1) is 0 Å². The Hall–Kier alpha value is -2.90. The monoisotopic (exact) mass is 342 g/mol. The van der Waals surface area contributed by atoms with E-state index in [1.54, 1.807) is 18.2 Å². The number of aromatic nitrogens is 2. The third-order valence-electron chi connectivity index (χ3n) is 5.03. The van der Waals surface area contributed by atoms with Crippen LogP contribution in [0.25, 0.3) is 11.0 Å². The van der Waals surface area contributed by atoms with E-state index in [4.69, 9.17) is 0 Å². The second-order valence-electron chi connectivity index (χ2n) is 6.65. The molecule has 2 aliphatic rings. The van der Waals surface area contributed by atoms with Gasteiger partial charge in [-0.2, -0.15) is 0 Å². The maximum atomic E-state index is 12.4. The van der Waals surface area contributed by atoms with E-state index >= 15 is 0 Å². The van der Waals surface area contributed by atoms with Gasteiger partial charge in [0.1, 0.15) is 6.54 Å². The van der Waals surface area contributed by atoms with Crippen LogP contribution < -0.4 is 11.0 Å². The van der Waals surface area contributed by atoms with Gasteiger partial charge in [-0.3, -0.25) is 19.3 Å². The van der Waals surface area contributed by atoms with Gasteiger partial charge in [0.05, 0.1) is 22.9 Å². The molecule has 0 bridgehead atoms. The predicted molar refractivity (Wildman–Crippen MR) is 89.7 cm³/mol. The number of benzene rings is 1. The van der Waals surface area contributed by atoms with Crippen LogP contribution in [-0.4, -0.2) is 39.1 Å². The van der Waals surface area contributed by atoms with E-state index in [2.05, 4.69) is 15.3 Å². The zero-order valence-electron chi connectivity index (χ0n) is 13.5. The van der Waals surface area contributed by atoms with Gasteiger partial charge in [0, 0.05) is 5.69 Å². The third-order valence-corrected chi connectivity index (χ3v) is 5.03. The summed E-state index contributed by atoms with van der Waals surface area (Å²) in [6.07, 6.45) is 3.36. The summed E-state index contributed by atoms with van der Waals surface area (Å²) in [7, 11) is 0. The fourth-order valence-electron chi connectivity index (χ4n) is 3.84. The molecule has 2 atom stereocenters. The summed E-state index contributed by atoms with van der Waals surface area (Å²) in [5.74, 6) is -1.39. The molecule has 3 N–H and O–H groups in total. The van der Waals surface area contributed by atoms with Crippen molar-refractivity contribution in [3.63, 3.8) is 0 Å². The Bertz CT molecular complexity index is 904. The van der Waals surface area contributed by atoms with Crippen LogP contribution in [0.2, 0.25) is 0 Å². The molecule has 1 saturated carbocycles. The topological polar surface area (TPSA) is 115 Å². The first kappa shape index (κ1) is 15.6. The lowest BCUT2D eigenvalue weighted by molar-refractivity contribution is -0.142. The highest BCUT2D eigenvalue weighted by Crippen LogP contribution is 2.37. The number of amides is 3. The molecule has 1 aromatic carbocycles. The fourth-order valence-corrected chi connectivity index (χ4v) is 3.84. The molecule has 1 aliphatic carbocycles. The first-order valence-electron chi connectivity index (χ1n) is 8.40. The van der Waals surface area contributed by atoms with Crippen molar-refractivity contribution >= 4 is 34.4 Å². The Morgan fingerprint density at radius 2 is 1.68 bits per heavy atom. The Morgan fingerprint density at radius 1 is 1.04 bits per heavy atom. The maximum absolute atomic E-state index is 12.4. The minimum Gasteiger partial charge on any atom is -0.324 e. The molecule has 2 heterocycles. The number of rotatable bonds is 3. The average Bonchev–Trinajstić information content (AvgIpc) is 3.07. The van der Waals surface area contributed by atoms with E-state index in [1.807, 2.05) is 0 Å². The molecular formula is C17H18N4O4. The number of hydrogen-bond acceptors (Lipinski definition) is 4. The lowest BCUT2D eigenvalue weighted by Crippen LogP contribution is -2.38. The lowest BCUT2D eigenvalue weighted by atomic mass is 9.81. The van der Waals surface area contributed by atoms with Crippen molar-refractivity contribution in [1.82, 2.24) is 14.9 Å². The van der Waals surface area contributed by atoms with Crippen molar-refractivity contribution < 1.29 is 14.4 Å².